The highest BCUT2D eigenvalue weighted by atomic mass is 16.3. The zero-order valence-corrected chi connectivity index (χ0v) is 38.3. The Balaban J connectivity index is 1.06. The zero-order valence-electron chi connectivity index (χ0n) is 38.3. The van der Waals surface area contributed by atoms with E-state index in [9.17, 15) is 0 Å². The van der Waals surface area contributed by atoms with Gasteiger partial charge in [-0.15, -0.1) is 0 Å². The molecule has 11 aromatic carbocycles. The summed E-state index contributed by atoms with van der Waals surface area (Å²) in [5.74, 6) is 0. The summed E-state index contributed by atoms with van der Waals surface area (Å²) in [4.78, 5) is 0. The Morgan fingerprint density at radius 1 is 0.225 bits per heavy atom. The van der Waals surface area contributed by atoms with E-state index in [2.05, 4.69) is 261 Å². The lowest BCUT2D eigenvalue weighted by Gasteiger charge is -2.15. The minimum Gasteiger partial charge on any atom is -0.452 e. The van der Waals surface area contributed by atoms with Crippen LogP contribution < -0.4 is 0 Å². The minimum atomic E-state index is 0.838. The summed E-state index contributed by atoms with van der Waals surface area (Å²) >= 11 is 0. The topological polar surface area (TPSA) is 32.9 Å². The van der Waals surface area contributed by atoms with Crippen molar-refractivity contribution in [3.8, 4) is 33.9 Å². The van der Waals surface area contributed by atoms with Gasteiger partial charge in [0, 0.05) is 65.1 Å². The average molecular weight is 905 g/mol. The molecule has 0 radical (unpaired) electrons. The van der Waals surface area contributed by atoms with Gasteiger partial charge in [0.2, 0.25) is 0 Å². The molecule has 0 N–H and O–H groups in total. The predicted octanol–water partition coefficient (Wildman–Crippen LogP) is 17.6. The molecule has 16 aromatic rings. The van der Waals surface area contributed by atoms with Gasteiger partial charge >= 0.3 is 0 Å². The third-order valence-electron chi connectivity index (χ3n) is 15.2. The van der Waals surface area contributed by atoms with Crippen molar-refractivity contribution in [3.63, 3.8) is 0 Å². The van der Waals surface area contributed by atoms with Gasteiger partial charge in [0.15, 0.2) is 11.2 Å². The molecule has 0 aliphatic carbocycles. The second-order valence-electron chi connectivity index (χ2n) is 18.7. The lowest BCUT2D eigenvalue weighted by Crippen LogP contribution is -1.98. The predicted molar refractivity (Wildman–Crippen MR) is 297 cm³/mol. The lowest BCUT2D eigenvalue weighted by molar-refractivity contribution is 0.664. The van der Waals surface area contributed by atoms with Gasteiger partial charge in [0.25, 0.3) is 0 Å². The molecular formula is C66H40N4O. The molecule has 0 aliphatic heterocycles. The van der Waals surface area contributed by atoms with Crippen LogP contribution in [0.4, 0.5) is 0 Å². The third-order valence-corrected chi connectivity index (χ3v) is 15.2. The van der Waals surface area contributed by atoms with Crippen LogP contribution in [0.25, 0.3) is 143 Å². The van der Waals surface area contributed by atoms with Gasteiger partial charge in [-0.25, -0.2) is 0 Å². The molecule has 5 aromatic heterocycles. The average Bonchev–Trinajstić information content (AvgIpc) is 4.24. The molecule has 71 heavy (non-hydrogen) atoms. The standard InChI is InChI=1S/C66H40N4O/c1-2-19-41(20-3-1)67-57-35-15-9-26-50(57)63-58(67)36-18-37-59(63)70-56-34-14-8-25-46(56)48-27-16-28-49(64(48)70)47-39-40-61(69-54-32-12-6-23-44(54)45-24-7-13-33-55(45)69)66-62(47)51-29-17-38-60(65(51)71-66)68-52-30-10-4-21-42(52)43-22-5-11-31-53(43)68/h1-40H. The number of nitrogens with zero attached hydrogens (tertiary/aromatic N) is 4. The molecule has 0 saturated carbocycles. The van der Waals surface area contributed by atoms with Crippen LogP contribution in [0.2, 0.25) is 0 Å². The maximum Gasteiger partial charge on any atom is 0.160 e. The Labute approximate surface area is 406 Å². The molecule has 0 fully saturated rings. The highest BCUT2D eigenvalue weighted by Crippen LogP contribution is 2.48. The molecule has 5 nitrogen and oxygen atoms in total. The van der Waals surface area contributed by atoms with E-state index in [4.69, 9.17) is 4.42 Å². The Morgan fingerprint density at radius 2 is 0.648 bits per heavy atom. The van der Waals surface area contributed by atoms with Gasteiger partial charge < -0.3 is 22.7 Å². The molecule has 0 unspecified atom stereocenters. The smallest absolute Gasteiger partial charge is 0.160 e. The van der Waals surface area contributed by atoms with Crippen molar-refractivity contribution >= 4 is 109 Å². The van der Waals surface area contributed by atoms with Crippen LogP contribution in [0.1, 0.15) is 0 Å². The van der Waals surface area contributed by atoms with E-state index in [-0.39, 0.29) is 0 Å². The zero-order chi connectivity index (χ0) is 46.3. The van der Waals surface area contributed by atoms with Crippen molar-refractivity contribution < 1.29 is 4.42 Å². The number of hydrogen-bond donors (Lipinski definition) is 0. The van der Waals surface area contributed by atoms with Gasteiger partial charge in [-0.1, -0.05) is 170 Å². The summed E-state index contributed by atoms with van der Waals surface area (Å²) in [7, 11) is 0. The van der Waals surface area contributed by atoms with Gasteiger partial charge in [-0.2, -0.15) is 0 Å². The van der Waals surface area contributed by atoms with Crippen LogP contribution in [0.5, 0.6) is 0 Å². The van der Waals surface area contributed by atoms with Crippen LogP contribution in [-0.2, 0) is 0 Å². The Bertz CT molecular complexity index is 4780. The van der Waals surface area contributed by atoms with Gasteiger partial charge in [0.1, 0.15) is 0 Å². The van der Waals surface area contributed by atoms with Crippen LogP contribution >= 0.6 is 0 Å². The summed E-state index contributed by atoms with van der Waals surface area (Å²) in [5.41, 5.74) is 17.4. The summed E-state index contributed by atoms with van der Waals surface area (Å²) in [6.45, 7) is 0. The molecule has 5 heterocycles. The van der Waals surface area contributed by atoms with Gasteiger partial charge in [-0.3, -0.25) is 0 Å². The van der Waals surface area contributed by atoms with E-state index < -0.39 is 0 Å². The summed E-state index contributed by atoms with van der Waals surface area (Å²) in [6.07, 6.45) is 0. The fraction of sp³-hybridized carbons (Fsp3) is 0. The second-order valence-corrected chi connectivity index (χ2v) is 18.7. The molecule has 0 aliphatic rings. The molecule has 0 amide bonds. The normalized spacial score (nSPS) is 12.2. The quantitative estimate of drug-likeness (QED) is 0.169. The lowest BCUT2D eigenvalue weighted by atomic mass is 9.96. The van der Waals surface area contributed by atoms with Crippen molar-refractivity contribution in [2.75, 3.05) is 0 Å². The van der Waals surface area contributed by atoms with Crippen LogP contribution in [0.15, 0.2) is 247 Å². The van der Waals surface area contributed by atoms with E-state index in [1.54, 1.807) is 0 Å². The largest absolute Gasteiger partial charge is 0.452 e. The first kappa shape index (κ1) is 38.4. The number of benzene rings is 11. The van der Waals surface area contributed by atoms with Crippen molar-refractivity contribution in [3.05, 3.63) is 243 Å². The maximum atomic E-state index is 7.61. The molecule has 0 saturated heterocycles. The van der Waals surface area contributed by atoms with Crippen molar-refractivity contribution in [2.45, 2.75) is 0 Å². The highest BCUT2D eigenvalue weighted by Gasteiger charge is 2.27. The van der Waals surface area contributed by atoms with Gasteiger partial charge in [-0.05, 0) is 78.4 Å². The van der Waals surface area contributed by atoms with Crippen LogP contribution in [0.3, 0.4) is 0 Å². The first-order valence-electron chi connectivity index (χ1n) is 24.4. The number of hydrogen-bond acceptors (Lipinski definition) is 1. The number of fused-ring (bicyclic) bond motifs is 15. The Morgan fingerprint density at radius 3 is 1.25 bits per heavy atom. The molecule has 0 atom stereocenters. The van der Waals surface area contributed by atoms with E-state index in [0.717, 1.165) is 94.4 Å². The molecule has 0 bridgehead atoms. The Hall–Kier alpha value is -9.58. The fourth-order valence-corrected chi connectivity index (χ4v) is 12.3. The van der Waals surface area contributed by atoms with Crippen LogP contribution in [-0.4, -0.2) is 18.3 Å². The maximum absolute atomic E-state index is 7.61. The number of para-hydroxylation sites is 9. The van der Waals surface area contributed by atoms with E-state index >= 15 is 0 Å². The summed E-state index contributed by atoms with van der Waals surface area (Å²) < 4.78 is 17.3. The van der Waals surface area contributed by atoms with Crippen molar-refractivity contribution in [1.82, 2.24) is 18.3 Å². The molecule has 0 spiro atoms. The first-order valence-corrected chi connectivity index (χ1v) is 24.4. The monoisotopic (exact) mass is 904 g/mol. The minimum absolute atomic E-state index is 0.838. The SMILES string of the molecule is c1ccc(-n2c3ccccc3c3c(-n4c5ccccc5c5cccc(-c6ccc(-n7c8ccccc8c8ccccc87)c7oc8c(-n9c%10ccccc%10c%10ccccc%109)cccc8c67)c54)cccc32)cc1. The van der Waals surface area contributed by atoms with Crippen molar-refractivity contribution in [1.29, 1.82) is 0 Å². The molecule has 330 valence electrons. The first-order chi connectivity index (χ1) is 35.3. The van der Waals surface area contributed by atoms with Crippen LogP contribution in [0, 0.1) is 0 Å². The highest BCUT2D eigenvalue weighted by molar-refractivity contribution is 6.23. The van der Waals surface area contributed by atoms with E-state index in [1.807, 2.05) is 0 Å². The fourth-order valence-electron chi connectivity index (χ4n) is 12.3. The molecular weight excluding hydrogens is 865 g/mol. The van der Waals surface area contributed by atoms with Crippen molar-refractivity contribution in [2.24, 2.45) is 0 Å². The van der Waals surface area contributed by atoms with E-state index in [1.165, 1.54) is 48.6 Å². The molecule has 16 rings (SSSR count). The number of aromatic nitrogens is 4. The summed E-state index contributed by atoms with van der Waals surface area (Å²) in [5, 5.41) is 11.8. The summed E-state index contributed by atoms with van der Waals surface area (Å²) in [6, 6.07) is 88.3. The number of rotatable bonds is 5. The molecule has 5 heteroatoms. The number of furan rings is 1. The second kappa shape index (κ2) is 14.5. The third kappa shape index (κ3) is 5.19. The Kier molecular flexibility index (Phi) is 7.82. The van der Waals surface area contributed by atoms with Gasteiger partial charge in [0.05, 0.1) is 61.2 Å². The van der Waals surface area contributed by atoms with E-state index in [0.29, 0.717) is 0 Å².